The van der Waals surface area contributed by atoms with Crippen molar-refractivity contribution in [2.75, 3.05) is 46.6 Å². The Balaban J connectivity index is 1.76. The van der Waals surface area contributed by atoms with Crippen molar-refractivity contribution < 1.29 is 19.0 Å². The van der Waals surface area contributed by atoms with Crippen LogP contribution in [0.2, 0.25) is 0 Å². The predicted octanol–water partition coefficient (Wildman–Crippen LogP) is 1.84. The lowest BCUT2D eigenvalue weighted by molar-refractivity contribution is -0.147. The van der Waals surface area contributed by atoms with Crippen molar-refractivity contribution in [2.45, 2.75) is 39.0 Å². The van der Waals surface area contributed by atoms with Gasteiger partial charge in [0.15, 0.2) is 0 Å². The first-order valence-corrected chi connectivity index (χ1v) is 9.30. The first-order valence-electron chi connectivity index (χ1n) is 9.30. The highest BCUT2D eigenvalue weighted by atomic mass is 16.5. The third-order valence-corrected chi connectivity index (χ3v) is 5.21. The average molecular weight is 362 g/mol. The van der Waals surface area contributed by atoms with Crippen molar-refractivity contribution in [1.29, 1.82) is 0 Å². The summed E-state index contributed by atoms with van der Waals surface area (Å²) >= 11 is 0. The van der Waals surface area contributed by atoms with Crippen LogP contribution in [0.1, 0.15) is 25.0 Å². The zero-order valence-electron chi connectivity index (χ0n) is 16.3. The van der Waals surface area contributed by atoms with E-state index in [1.807, 2.05) is 18.7 Å². The number of ether oxygens (including phenoxy) is 3. The van der Waals surface area contributed by atoms with E-state index in [0.717, 1.165) is 30.9 Å². The second-order valence-corrected chi connectivity index (χ2v) is 7.62. The molecule has 1 amide bonds. The van der Waals surface area contributed by atoms with Crippen LogP contribution in [0.4, 0.5) is 0 Å². The summed E-state index contributed by atoms with van der Waals surface area (Å²) in [4.78, 5) is 16.5. The number of nitrogens with zero attached hydrogens (tertiary/aromatic N) is 2. The van der Waals surface area contributed by atoms with Crippen molar-refractivity contribution in [3.63, 3.8) is 0 Å². The molecule has 6 heteroatoms. The minimum atomic E-state index is -0.467. The second kappa shape index (κ2) is 7.94. The van der Waals surface area contributed by atoms with E-state index in [4.69, 9.17) is 14.2 Å². The molecule has 0 N–H and O–H groups in total. The van der Waals surface area contributed by atoms with Crippen LogP contribution in [0, 0.1) is 6.92 Å². The van der Waals surface area contributed by atoms with Gasteiger partial charge in [-0.1, -0.05) is 18.2 Å². The highest BCUT2D eigenvalue weighted by Crippen LogP contribution is 2.28. The fourth-order valence-corrected chi connectivity index (χ4v) is 3.93. The number of para-hydroxylation sites is 1. The number of carbonyl (C=O) groups is 1. The third-order valence-electron chi connectivity index (χ3n) is 5.21. The average Bonchev–Trinajstić information content (AvgIpc) is 2.75. The Morgan fingerprint density at radius 1 is 1.31 bits per heavy atom. The van der Waals surface area contributed by atoms with Gasteiger partial charge in [0.25, 0.3) is 0 Å². The third kappa shape index (κ3) is 4.03. The van der Waals surface area contributed by atoms with E-state index >= 15 is 0 Å². The quantitative estimate of drug-likeness (QED) is 0.818. The van der Waals surface area contributed by atoms with Gasteiger partial charge >= 0.3 is 0 Å². The molecule has 2 heterocycles. The molecule has 2 saturated heterocycles. The van der Waals surface area contributed by atoms with E-state index in [1.54, 1.807) is 7.11 Å². The first kappa shape index (κ1) is 19.1. The van der Waals surface area contributed by atoms with Gasteiger partial charge in [0.2, 0.25) is 5.91 Å². The maximum absolute atomic E-state index is 12.3. The van der Waals surface area contributed by atoms with Gasteiger partial charge in [0.05, 0.1) is 26.9 Å². The van der Waals surface area contributed by atoms with Crippen LogP contribution in [0.25, 0.3) is 0 Å². The number of aryl methyl sites for hydroxylation is 1. The van der Waals surface area contributed by atoms with Crippen molar-refractivity contribution >= 4 is 5.91 Å². The fourth-order valence-electron chi connectivity index (χ4n) is 3.93. The Hall–Kier alpha value is -1.63. The highest BCUT2D eigenvalue weighted by molar-refractivity contribution is 5.78. The van der Waals surface area contributed by atoms with Gasteiger partial charge < -0.3 is 19.1 Å². The van der Waals surface area contributed by atoms with Crippen molar-refractivity contribution in [1.82, 2.24) is 9.80 Å². The molecule has 144 valence electrons. The molecule has 1 aromatic rings. The van der Waals surface area contributed by atoms with E-state index in [9.17, 15) is 4.79 Å². The molecule has 0 radical (unpaired) electrons. The van der Waals surface area contributed by atoms with Gasteiger partial charge in [-0.15, -0.1) is 0 Å². The molecule has 6 nitrogen and oxygen atoms in total. The maximum Gasteiger partial charge on any atom is 0.248 e. The molecule has 26 heavy (non-hydrogen) atoms. The lowest BCUT2D eigenvalue weighted by Gasteiger charge is -2.44. The van der Waals surface area contributed by atoms with Crippen LogP contribution in [-0.2, 0) is 20.8 Å². The monoisotopic (exact) mass is 362 g/mol. The predicted molar refractivity (Wildman–Crippen MR) is 99.4 cm³/mol. The molecule has 2 aliphatic heterocycles. The minimum absolute atomic E-state index is 0.0398. The Kier molecular flexibility index (Phi) is 5.85. The van der Waals surface area contributed by atoms with Gasteiger partial charge in [0.1, 0.15) is 18.0 Å². The maximum atomic E-state index is 12.3. The standard InChI is InChI=1S/C20H30N2O4/c1-15(2)22-13-20(14-25-11-18(22)23)12-21(8-9-26-20)10-17-7-5-6-16(3)19(17)24-4/h5-7,15H,8-14H2,1-4H3. The molecule has 1 unspecified atom stereocenters. The minimum Gasteiger partial charge on any atom is -0.496 e. The summed E-state index contributed by atoms with van der Waals surface area (Å²) in [6.07, 6.45) is 0. The van der Waals surface area contributed by atoms with Crippen LogP contribution in [-0.4, -0.2) is 73.9 Å². The Morgan fingerprint density at radius 3 is 2.85 bits per heavy atom. The largest absolute Gasteiger partial charge is 0.496 e. The molecule has 3 rings (SSSR count). The van der Waals surface area contributed by atoms with E-state index in [-0.39, 0.29) is 18.6 Å². The van der Waals surface area contributed by atoms with Crippen molar-refractivity contribution in [3.05, 3.63) is 29.3 Å². The van der Waals surface area contributed by atoms with Gasteiger partial charge in [-0.25, -0.2) is 0 Å². The van der Waals surface area contributed by atoms with E-state index in [2.05, 4.69) is 30.0 Å². The lowest BCUT2D eigenvalue weighted by Crippen LogP contribution is -2.59. The van der Waals surface area contributed by atoms with Gasteiger partial charge in [-0.3, -0.25) is 9.69 Å². The molecule has 1 spiro atoms. The molecule has 2 aliphatic rings. The molecule has 1 aromatic carbocycles. The summed E-state index contributed by atoms with van der Waals surface area (Å²) in [6, 6.07) is 6.38. The van der Waals surface area contributed by atoms with Crippen molar-refractivity contribution in [3.8, 4) is 5.75 Å². The molecule has 2 fully saturated rings. The van der Waals surface area contributed by atoms with Crippen LogP contribution < -0.4 is 4.74 Å². The van der Waals surface area contributed by atoms with Gasteiger partial charge in [-0.05, 0) is 26.3 Å². The van der Waals surface area contributed by atoms with E-state index in [1.165, 1.54) is 5.56 Å². The summed E-state index contributed by atoms with van der Waals surface area (Å²) in [5.74, 6) is 0.988. The summed E-state index contributed by atoms with van der Waals surface area (Å²) in [5, 5.41) is 0. The number of amides is 1. The number of carbonyl (C=O) groups excluding carboxylic acids is 1. The summed E-state index contributed by atoms with van der Waals surface area (Å²) in [7, 11) is 1.72. The fraction of sp³-hybridized carbons (Fsp3) is 0.650. The number of hydrogen-bond donors (Lipinski definition) is 0. The van der Waals surface area contributed by atoms with Gasteiger partial charge in [0, 0.05) is 31.2 Å². The lowest BCUT2D eigenvalue weighted by atomic mass is 10.00. The Labute approximate surface area is 156 Å². The number of benzene rings is 1. The zero-order valence-corrected chi connectivity index (χ0v) is 16.3. The zero-order chi connectivity index (χ0) is 18.7. The highest BCUT2D eigenvalue weighted by Gasteiger charge is 2.42. The SMILES string of the molecule is COc1c(C)cccc1CN1CCOC2(COCC(=O)N(C(C)C)C2)C1. The van der Waals surface area contributed by atoms with Crippen LogP contribution in [0.15, 0.2) is 18.2 Å². The molecule has 1 atom stereocenters. The number of rotatable bonds is 4. The Bertz CT molecular complexity index is 649. The summed E-state index contributed by atoms with van der Waals surface area (Å²) < 4.78 is 17.4. The molecule has 0 saturated carbocycles. The molecule has 0 bridgehead atoms. The number of morpholine rings is 1. The van der Waals surface area contributed by atoms with Crippen LogP contribution in [0.5, 0.6) is 5.75 Å². The van der Waals surface area contributed by atoms with E-state index < -0.39 is 5.60 Å². The number of methoxy groups -OCH3 is 1. The first-order chi connectivity index (χ1) is 12.4. The smallest absolute Gasteiger partial charge is 0.248 e. The summed E-state index contributed by atoms with van der Waals surface area (Å²) in [5.41, 5.74) is 1.85. The van der Waals surface area contributed by atoms with Gasteiger partial charge in [-0.2, -0.15) is 0 Å². The molecular weight excluding hydrogens is 332 g/mol. The van der Waals surface area contributed by atoms with E-state index in [0.29, 0.717) is 19.8 Å². The van der Waals surface area contributed by atoms with Crippen molar-refractivity contribution in [2.24, 2.45) is 0 Å². The molecule has 0 aromatic heterocycles. The van der Waals surface area contributed by atoms with Crippen LogP contribution >= 0.6 is 0 Å². The second-order valence-electron chi connectivity index (χ2n) is 7.62. The summed E-state index contributed by atoms with van der Waals surface area (Å²) in [6.45, 7) is 10.3. The molecule has 0 aliphatic carbocycles. The Morgan fingerprint density at radius 2 is 2.12 bits per heavy atom. The number of hydrogen-bond acceptors (Lipinski definition) is 5. The molecular formula is C20H30N2O4. The normalized spacial score (nSPS) is 25.0. The van der Waals surface area contributed by atoms with Crippen LogP contribution in [0.3, 0.4) is 0 Å². The topological polar surface area (TPSA) is 51.2 Å².